The molecule has 1 N–H and O–H groups in total. The Morgan fingerprint density at radius 1 is 1.19 bits per heavy atom. The Morgan fingerprint density at radius 3 is 2.81 bits per heavy atom. The van der Waals surface area contributed by atoms with Crippen molar-refractivity contribution in [2.75, 3.05) is 18.0 Å². The molecule has 1 fully saturated rings. The maximum Gasteiger partial charge on any atom is 0.125 e. The molecule has 2 nitrogen and oxygen atoms in total. The third-order valence-electron chi connectivity index (χ3n) is 4.38. The number of rotatable bonds is 6. The van der Waals surface area contributed by atoms with E-state index in [0.29, 0.717) is 6.04 Å². The molecule has 0 spiro atoms. The minimum atomic E-state index is -0.111. The molecular formula is C18H29FN2. The molecule has 0 amide bonds. The average Bonchev–Trinajstić information content (AvgIpc) is 2.72. The molecule has 1 aliphatic rings. The minimum absolute atomic E-state index is 0.111. The number of nitrogens with zero attached hydrogens (tertiary/aromatic N) is 1. The summed E-state index contributed by atoms with van der Waals surface area (Å²) >= 11 is 0. The summed E-state index contributed by atoms with van der Waals surface area (Å²) in [5.41, 5.74) is 2.12. The molecule has 0 aliphatic carbocycles. The quantitative estimate of drug-likeness (QED) is 0.777. The maximum absolute atomic E-state index is 14.0. The maximum atomic E-state index is 14.0. The van der Waals surface area contributed by atoms with Crippen molar-refractivity contribution >= 4 is 5.69 Å². The fourth-order valence-corrected chi connectivity index (χ4v) is 3.25. The van der Waals surface area contributed by atoms with Gasteiger partial charge in [-0.2, -0.15) is 0 Å². The summed E-state index contributed by atoms with van der Waals surface area (Å²) in [5.74, 6) is -0.111. The molecule has 118 valence electrons. The lowest BCUT2D eigenvalue weighted by molar-refractivity contribution is 0.553. The van der Waals surface area contributed by atoms with Gasteiger partial charge in [0.15, 0.2) is 0 Å². The van der Waals surface area contributed by atoms with Gasteiger partial charge in [-0.25, -0.2) is 4.39 Å². The number of benzene rings is 1. The van der Waals surface area contributed by atoms with Crippen LogP contribution in [0, 0.1) is 5.82 Å². The van der Waals surface area contributed by atoms with Crippen molar-refractivity contribution < 1.29 is 4.39 Å². The molecule has 2 rings (SSSR count). The van der Waals surface area contributed by atoms with E-state index >= 15 is 0 Å². The normalized spacial score (nSPS) is 19.6. The van der Waals surface area contributed by atoms with Crippen LogP contribution in [0.15, 0.2) is 18.2 Å². The lowest BCUT2D eigenvalue weighted by atomic mass is 10.1. The van der Waals surface area contributed by atoms with Gasteiger partial charge in [-0.05, 0) is 56.0 Å². The van der Waals surface area contributed by atoms with E-state index in [2.05, 4.69) is 30.1 Å². The van der Waals surface area contributed by atoms with Gasteiger partial charge in [0, 0.05) is 24.8 Å². The van der Waals surface area contributed by atoms with Crippen molar-refractivity contribution in [3.05, 3.63) is 29.6 Å². The molecule has 21 heavy (non-hydrogen) atoms. The lowest BCUT2D eigenvalue weighted by Gasteiger charge is -2.32. The van der Waals surface area contributed by atoms with Crippen molar-refractivity contribution in [3.63, 3.8) is 0 Å². The smallest absolute Gasteiger partial charge is 0.125 e. The summed E-state index contributed by atoms with van der Waals surface area (Å²) in [5, 5.41) is 3.36. The van der Waals surface area contributed by atoms with E-state index in [1.807, 2.05) is 0 Å². The zero-order valence-corrected chi connectivity index (χ0v) is 13.5. The van der Waals surface area contributed by atoms with Gasteiger partial charge in [-0.1, -0.05) is 26.7 Å². The molecule has 0 radical (unpaired) electrons. The highest BCUT2D eigenvalue weighted by Gasteiger charge is 2.20. The molecule has 0 aromatic heterocycles. The van der Waals surface area contributed by atoms with Gasteiger partial charge < -0.3 is 10.2 Å². The number of halogens is 1. The SMILES string of the molecule is CCCNCc1cc(F)cc(N2CCCCCC2CC)c1. The second-order valence-electron chi connectivity index (χ2n) is 6.10. The van der Waals surface area contributed by atoms with Gasteiger partial charge in [0.1, 0.15) is 5.82 Å². The molecule has 0 bridgehead atoms. The molecular weight excluding hydrogens is 263 g/mol. The van der Waals surface area contributed by atoms with E-state index in [1.54, 1.807) is 12.1 Å². The van der Waals surface area contributed by atoms with E-state index in [0.717, 1.165) is 43.7 Å². The number of hydrogen-bond donors (Lipinski definition) is 1. The largest absolute Gasteiger partial charge is 0.368 e. The van der Waals surface area contributed by atoms with Crippen LogP contribution < -0.4 is 10.2 Å². The Bertz CT molecular complexity index is 433. The van der Waals surface area contributed by atoms with Crippen LogP contribution in [0.1, 0.15) is 57.9 Å². The Balaban J connectivity index is 2.16. The first-order valence-electron chi connectivity index (χ1n) is 8.51. The Kier molecular flexibility index (Phi) is 6.50. The van der Waals surface area contributed by atoms with Gasteiger partial charge in [-0.3, -0.25) is 0 Å². The van der Waals surface area contributed by atoms with Crippen LogP contribution in [-0.2, 0) is 6.54 Å². The van der Waals surface area contributed by atoms with Crippen LogP contribution in [0.3, 0.4) is 0 Å². The lowest BCUT2D eigenvalue weighted by Crippen LogP contribution is -2.34. The summed E-state index contributed by atoms with van der Waals surface area (Å²) in [6.45, 7) is 7.18. The number of nitrogens with one attached hydrogen (secondary N) is 1. The molecule has 1 atom stereocenters. The summed E-state index contributed by atoms with van der Waals surface area (Å²) in [6, 6.07) is 6.09. The fourth-order valence-electron chi connectivity index (χ4n) is 3.25. The minimum Gasteiger partial charge on any atom is -0.368 e. The van der Waals surface area contributed by atoms with E-state index < -0.39 is 0 Å². The third kappa shape index (κ3) is 4.70. The predicted molar refractivity (Wildman–Crippen MR) is 88.3 cm³/mol. The Labute approximate surface area is 128 Å². The summed E-state index contributed by atoms with van der Waals surface area (Å²) in [7, 11) is 0. The molecule has 1 aromatic carbocycles. The van der Waals surface area contributed by atoms with Crippen LogP contribution in [0.2, 0.25) is 0 Å². The Morgan fingerprint density at radius 2 is 2.05 bits per heavy atom. The van der Waals surface area contributed by atoms with Gasteiger partial charge in [0.25, 0.3) is 0 Å². The number of anilines is 1. The highest BCUT2D eigenvalue weighted by molar-refractivity contribution is 5.50. The van der Waals surface area contributed by atoms with E-state index in [1.165, 1.54) is 25.7 Å². The zero-order valence-electron chi connectivity index (χ0n) is 13.5. The van der Waals surface area contributed by atoms with Crippen molar-refractivity contribution in [1.29, 1.82) is 0 Å². The highest BCUT2D eigenvalue weighted by Crippen LogP contribution is 2.27. The van der Waals surface area contributed by atoms with Crippen LogP contribution >= 0.6 is 0 Å². The third-order valence-corrected chi connectivity index (χ3v) is 4.38. The molecule has 1 aromatic rings. The van der Waals surface area contributed by atoms with Gasteiger partial charge in [0.05, 0.1) is 0 Å². The van der Waals surface area contributed by atoms with Gasteiger partial charge in [0.2, 0.25) is 0 Å². The van der Waals surface area contributed by atoms with Crippen LogP contribution in [-0.4, -0.2) is 19.1 Å². The predicted octanol–water partition coefficient (Wildman–Crippen LogP) is 4.48. The fraction of sp³-hybridized carbons (Fsp3) is 0.667. The molecule has 1 aliphatic heterocycles. The van der Waals surface area contributed by atoms with Crippen LogP contribution in [0.25, 0.3) is 0 Å². The molecule has 0 saturated carbocycles. The van der Waals surface area contributed by atoms with Crippen molar-refractivity contribution in [2.24, 2.45) is 0 Å². The first kappa shape index (κ1) is 16.3. The van der Waals surface area contributed by atoms with Crippen LogP contribution in [0.4, 0.5) is 10.1 Å². The van der Waals surface area contributed by atoms with Gasteiger partial charge >= 0.3 is 0 Å². The van der Waals surface area contributed by atoms with Gasteiger partial charge in [-0.15, -0.1) is 0 Å². The molecule has 1 heterocycles. The molecule has 1 unspecified atom stereocenters. The van der Waals surface area contributed by atoms with E-state index in [9.17, 15) is 4.39 Å². The summed E-state index contributed by atoms with van der Waals surface area (Å²) in [4.78, 5) is 2.43. The van der Waals surface area contributed by atoms with Crippen molar-refractivity contribution in [1.82, 2.24) is 5.32 Å². The first-order chi connectivity index (χ1) is 10.2. The number of hydrogen-bond acceptors (Lipinski definition) is 2. The zero-order chi connectivity index (χ0) is 15.1. The summed E-state index contributed by atoms with van der Waals surface area (Å²) in [6.07, 6.45) is 7.29. The van der Waals surface area contributed by atoms with Crippen LogP contribution in [0.5, 0.6) is 0 Å². The first-order valence-corrected chi connectivity index (χ1v) is 8.51. The summed E-state index contributed by atoms with van der Waals surface area (Å²) < 4.78 is 14.0. The topological polar surface area (TPSA) is 15.3 Å². The second kappa shape index (κ2) is 8.38. The standard InChI is InChI=1S/C18H29FN2/c1-3-9-20-14-15-11-16(19)13-18(12-15)21-10-7-5-6-8-17(21)4-2/h11-13,17,20H,3-10,14H2,1-2H3. The van der Waals surface area contributed by atoms with Crippen molar-refractivity contribution in [2.45, 2.75) is 65.0 Å². The Hall–Kier alpha value is -1.09. The van der Waals surface area contributed by atoms with Crippen molar-refractivity contribution in [3.8, 4) is 0 Å². The van der Waals surface area contributed by atoms with E-state index in [-0.39, 0.29) is 5.82 Å². The molecule has 1 saturated heterocycles. The monoisotopic (exact) mass is 292 g/mol. The highest BCUT2D eigenvalue weighted by atomic mass is 19.1. The second-order valence-corrected chi connectivity index (χ2v) is 6.10. The average molecular weight is 292 g/mol. The molecule has 3 heteroatoms. The van der Waals surface area contributed by atoms with E-state index in [4.69, 9.17) is 0 Å².